The maximum atomic E-state index is 12.5. The Morgan fingerprint density at radius 3 is 2.45 bits per heavy atom. The molecule has 3 rings (SSSR count). The van der Waals surface area contributed by atoms with Crippen molar-refractivity contribution in [3.05, 3.63) is 33.8 Å². The third-order valence-electron chi connectivity index (χ3n) is 4.51. The summed E-state index contributed by atoms with van der Waals surface area (Å²) in [4.78, 5) is 14.4. The molecule has 124 valence electrons. The first-order valence-electron chi connectivity index (χ1n) is 8.24. The molecule has 0 aliphatic carbocycles. The molecule has 0 saturated carbocycles. The van der Waals surface area contributed by atoms with E-state index in [0.29, 0.717) is 16.5 Å². The highest BCUT2D eigenvalue weighted by molar-refractivity contribution is 6.34. The Morgan fingerprint density at radius 1 is 1.27 bits per heavy atom. The highest BCUT2D eigenvalue weighted by Gasteiger charge is 2.50. The van der Waals surface area contributed by atoms with Crippen LogP contribution in [-0.4, -0.2) is 36.5 Å². The Bertz CT molecular complexity index is 544. The first-order chi connectivity index (χ1) is 10.4. The van der Waals surface area contributed by atoms with Crippen LogP contribution in [0.15, 0.2) is 12.1 Å². The summed E-state index contributed by atoms with van der Waals surface area (Å²) in [5, 5.41) is 3.98. The number of halogens is 1. The van der Waals surface area contributed by atoms with Crippen molar-refractivity contribution in [2.45, 2.75) is 53.0 Å². The van der Waals surface area contributed by atoms with Crippen molar-refractivity contribution < 1.29 is 4.79 Å². The number of carbonyl (C=O) groups is 1. The van der Waals surface area contributed by atoms with E-state index in [1.54, 1.807) is 0 Å². The van der Waals surface area contributed by atoms with Gasteiger partial charge >= 0.3 is 0 Å². The average Bonchev–Trinajstić information content (AvgIpc) is 2.92. The van der Waals surface area contributed by atoms with Crippen LogP contribution in [0.5, 0.6) is 0 Å². The average molecular weight is 325 g/mol. The molecule has 0 radical (unpaired) electrons. The van der Waals surface area contributed by atoms with Gasteiger partial charge < -0.3 is 10.2 Å². The van der Waals surface area contributed by atoms with E-state index in [0.717, 1.165) is 24.2 Å². The van der Waals surface area contributed by atoms with Crippen molar-refractivity contribution in [3.8, 4) is 0 Å². The lowest BCUT2D eigenvalue weighted by Gasteiger charge is -2.45. The number of benzene rings is 1. The van der Waals surface area contributed by atoms with Gasteiger partial charge in [-0.05, 0) is 31.0 Å². The minimum Gasteiger partial charge on any atom is -0.334 e. The van der Waals surface area contributed by atoms with Crippen LogP contribution in [0.2, 0.25) is 5.02 Å². The van der Waals surface area contributed by atoms with Crippen LogP contribution in [0.4, 0.5) is 0 Å². The van der Waals surface area contributed by atoms with E-state index in [-0.39, 0.29) is 11.4 Å². The van der Waals surface area contributed by atoms with Crippen LogP contribution in [0.3, 0.4) is 0 Å². The van der Waals surface area contributed by atoms with Gasteiger partial charge in [-0.25, -0.2) is 0 Å². The minimum absolute atomic E-state index is 0.0393. The fourth-order valence-electron chi connectivity index (χ4n) is 3.28. The molecule has 0 spiro atoms. The molecule has 3 nitrogen and oxygen atoms in total. The summed E-state index contributed by atoms with van der Waals surface area (Å²) in [5.74, 6) is 0.366. The van der Waals surface area contributed by atoms with E-state index in [4.69, 9.17) is 11.6 Å². The maximum absolute atomic E-state index is 12.5. The molecular formula is C18H29ClN2O. The van der Waals surface area contributed by atoms with Gasteiger partial charge in [0.05, 0.1) is 16.1 Å². The first kappa shape index (κ1) is 19.0. The third-order valence-corrected chi connectivity index (χ3v) is 4.81. The minimum atomic E-state index is -0.138. The van der Waals surface area contributed by atoms with Gasteiger partial charge in [-0.15, -0.1) is 0 Å². The molecule has 0 aromatic heterocycles. The number of aryl methyl sites for hydroxylation is 1. The van der Waals surface area contributed by atoms with Gasteiger partial charge in [0.15, 0.2) is 0 Å². The lowest BCUT2D eigenvalue weighted by atomic mass is 9.76. The zero-order chi connectivity index (χ0) is 17.1. The van der Waals surface area contributed by atoms with Crippen LogP contribution in [0, 0.1) is 6.92 Å². The molecule has 22 heavy (non-hydrogen) atoms. The van der Waals surface area contributed by atoms with E-state index in [9.17, 15) is 4.79 Å². The second-order valence-electron chi connectivity index (χ2n) is 5.62. The van der Waals surface area contributed by atoms with E-state index in [2.05, 4.69) is 18.3 Å². The summed E-state index contributed by atoms with van der Waals surface area (Å²) in [5.41, 5.74) is 2.78. The van der Waals surface area contributed by atoms with Gasteiger partial charge in [0.1, 0.15) is 0 Å². The van der Waals surface area contributed by atoms with Crippen molar-refractivity contribution in [1.82, 2.24) is 10.2 Å². The van der Waals surface area contributed by atoms with Crippen molar-refractivity contribution in [2.24, 2.45) is 0 Å². The molecule has 2 unspecified atom stereocenters. The van der Waals surface area contributed by atoms with Crippen molar-refractivity contribution in [3.63, 3.8) is 0 Å². The number of amides is 1. The number of likely N-dealkylation sites (N-methyl/N-ethyl adjacent to an activating group) is 1. The predicted molar refractivity (Wildman–Crippen MR) is 95.0 cm³/mol. The summed E-state index contributed by atoms with van der Waals surface area (Å²) < 4.78 is 0. The summed E-state index contributed by atoms with van der Waals surface area (Å²) in [6, 6.07) is 3.99. The molecule has 2 aliphatic rings. The van der Waals surface area contributed by atoms with E-state index >= 15 is 0 Å². The molecule has 4 heteroatoms. The number of carbonyl (C=O) groups excluding carboxylic acids is 1. The van der Waals surface area contributed by atoms with Crippen LogP contribution in [0.25, 0.3) is 0 Å². The van der Waals surface area contributed by atoms with Gasteiger partial charge in [0.25, 0.3) is 5.91 Å². The molecule has 1 N–H and O–H groups in total. The number of nitrogens with one attached hydrogen (secondary N) is 1. The Morgan fingerprint density at radius 2 is 1.86 bits per heavy atom. The quantitative estimate of drug-likeness (QED) is 0.774. The molecule has 2 heterocycles. The van der Waals surface area contributed by atoms with Gasteiger partial charge in [0.2, 0.25) is 0 Å². The number of nitrogens with zero attached hydrogens (tertiary/aromatic N) is 1. The smallest absolute Gasteiger partial charge is 0.255 e. The molecule has 2 aliphatic heterocycles. The van der Waals surface area contributed by atoms with Gasteiger partial charge in [-0.1, -0.05) is 45.4 Å². The molecule has 1 fully saturated rings. The van der Waals surface area contributed by atoms with Crippen LogP contribution in [-0.2, 0) is 0 Å². The Labute approximate surface area is 140 Å². The molecule has 1 amide bonds. The van der Waals surface area contributed by atoms with Gasteiger partial charge in [-0.2, -0.15) is 0 Å². The third kappa shape index (κ3) is 2.89. The van der Waals surface area contributed by atoms with Gasteiger partial charge in [0, 0.05) is 26.1 Å². The van der Waals surface area contributed by atoms with Crippen molar-refractivity contribution in [1.29, 1.82) is 0 Å². The topological polar surface area (TPSA) is 32.3 Å². The highest BCUT2D eigenvalue weighted by Crippen LogP contribution is 2.44. The van der Waals surface area contributed by atoms with E-state index < -0.39 is 0 Å². The Kier molecular flexibility index (Phi) is 6.45. The van der Waals surface area contributed by atoms with E-state index in [1.165, 1.54) is 0 Å². The molecule has 2 atom stereocenters. The fourth-order valence-corrected chi connectivity index (χ4v) is 3.64. The molecule has 0 bridgehead atoms. The number of rotatable bonds is 0. The van der Waals surface area contributed by atoms with E-state index in [1.807, 2.05) is 52.6 Å². The lowest BCUT2D eigenvalue weighted by Crippen LogP contribution is -2.55. The zero-order valence-electron chi connectivity index (χ0n) is 14.9. The Balaban J connectivity index is 0.000000561. The largest absolute Gasteiger partial charge is 0.334 e. The monoisotopic (exact) mass is 324 g/mol. The zero-order valence-corrected chi connectivity index (χ0v) is 15.6. The number of hydrogen-bond acceptors (Lipinski definition) is 2. The van der Waals surface area contributed by atoms with Gasteiger partial charge in [-0.3, -0.25) is 4.79 Å². The SMILES string of the molecule is CC.CC.Cc1cc(Cl)c2c(c1)C1CNCC1(C)N(C)C2=O. The summed E-state index contributed by atoms with van der Waals surface area (Å²) >= 11 is 6.28. The second-order valence-corrected chi connectivity index (χ2v) is 6.02. The number of fused-ring (bicyclic) bond motifs is 3. The predicted octanol–water partition coefficient (Wildman–Crippen LogP) is 4.23. The summed E-state index contributed by atoms with van der Waals surface area (Å²) in [7, 11) is 1.88. The molecule has 1 aromatic carbocycles. The maximum Gasteiger partial charge on any atom is 0.255 e. The first-order valence-corrected chi connectivity index (χ1v) is 8.62. The van der Waals surface area contributed by atoms with Crippen LogP contribution < -0.4 is 5.32 Å². The summed E-state index contributed by atoms with van der Waals surface area (Å²) in [6.45, 7) is 13.9. The van der Waals surface area contributed by atoms with Crippen LogP contribution >= 0.6 is 11.6 Å². The lowest BCUT2D eigenvalue weighted by molar-refractivity contribution is 0.0557. The fraction of sp³-hybridized carbons (Fsp3) is 0.611. The van der Waals surface area contributed by atoms with Crippen molar-refractivity contribution in [2.75, 3.05) is 20.1 Å². The Hall–Kier alpha value is -1.06. The summed E-state index contributed by atoms with van der Waals surface area (Å²) in [6.07, 6.45) is 0. The molecular weight excluding hydrogens is 296 g/mol. The van der Waals surface area contributed by atoms with Crippen molar-refractivity contribution >= 4 is 17.5 Å². The standard InChI is InChI=1S/C14H17ClN2O.2C2H6/c1-8-4-9-10-6-16-7-14(10,2)17(3)13(18)12(9)11(15)5-8;2*1-2/h4-5,10,16H,6-7H2,1-3H3;2*1-2H3. The highest BCUT2D eigenvalue weighted by atomic mass is 35.5. The molecule has 1 saturated heterocycles. The number of hydrogen-bond donors (Lipinski definition) is 1. The second kappa shape index (κ2) is 7.47. The molecule has 1 aromatic rings. The normalized spacial score (nSPS) is 25.4. The van der Waals surface area contributed by atoms with Crippen LogP contribution in [0.1, 0.15) is 62.0 Å².